The molecule has 1 saturated heterocycles. The van der Waals surface area contributed by atoms with Crippen LogP contribution in [-0.4, -0.2) is 35.6 Å². The number of hydrogen-bond donors (Lipinski definition) is 2. The molecule has 0 aromatic heterocycles. The van der Waals surface area contributed by atoms with E-state index in [1.807, 2.05) is 13.0 Å². The highest BCUT2D eigenvalue weighted by Crippen LogP contribution is 2.34. The van der Waals surface area contributed by atoms with E-state index in [4.69, 9.17) is 4.74 Å². The Labute approximate surface area is 165 Å². The molecule has 6 heteroatoms. The molecule has 0 bridgehead atoms. The van der Waals surface area contributed by atoms with Crippen molar-refractivity contribution in [3.05, 3.63) is 59.4 Å². The molecule has 1 heterocycles. The number of aromatic hydroxyl groups is 1. The molecule has 0 aliphatic carbocycles. The Hall–Kier alpha value is -2.60. The van der Waals surface area contributed by atoms with Crippen molar-refractivity contribution in [3.63, 3.8) is 0 Å². The molecule has 150 valence electrons. The Morgan fingerprint density at radius 1 is 1.21 bits per heavy atom. The van der Waals surface area contributed by atoms with Crippen LogP contribution >= 0.6 is 0 Å². The number of likely N-dealkylation sites (tertiary alicyclic amines) is 1. The first-order valence-electron chi connectivity index (χ1n) is 9.64. The van der Waals surface area contributed by atoms with Gasteiger partial charge in [-0.15, -0.1) is 0 Å². The van der Waals surface area contributed by atoms with Gasteiger partial charge in [0.2, 0.25) is 5.91 Å². The van der Waals surface area contributed by atoms with Gasteiger partial charge in [0.15, 0.2) is 0 Å². The van der Waals surface area contributed by atoms with Crippen molar-refractivity contribution in [1.29, 1.82) is 0 Å². The summed E-state index contributed by atoms with van der Waals surface area (Å²) in [5.41, 5.74) is 1.25. The second kappa shape index (κ2) is 8.61. The summed E-state index contributed by atoms with van der Waals surface area (Å²) in [6.07, 6.45) is 1.42. The summed E-state index contributed by atoms with van der Waals surface area (Å²) in [4.78, 5) is 14.1. The summed E-state index contributed by atoms with van der Waals surface area (Å²) in [5, 5.41) is 13.3. The Balaban J connectivity index is 1.73. The fourth-order valence-corrected chi connectivity index (χ4v) is 3.87. The van der Waals surface area contributed by atoms with Crippen LogP contribution in [-0.2, 0) is 16.9 Å². The van der Waals surface area contributed by atoms with Crippen molar-refractivity contribution in [2.45, 2.75) is 38.8 Å². The van der Waals surface area contributed by atoms with Crippen LogP contribution in [0, 0.1) is 5.82 Å². The van der Waals surface area contributed by atoms with E-state index in [-0.39, 0.29) is 17.5 Å². The predicted octanol–water partition coefficient (Wildman–Crippen LogP) is 3.56. The van der Waals surface area contributed by atoms with Crippen LogP contribution in [0.5, 0.6) is 11.5 Å². The summed E-state index contributed by atoms with van der Waals surface area (Å²) < 4.78 is 18.9. The SMILES string of the molecule is CCOc1ccc(O)c(CN2CCC(NC(C)=O)(c3ccc(F)cc3)CC2)c1. The van der Waals surface area contributed by atoms with Crippen LogP contribution in [0.4, 0.5) is 4.39 Å². The van der Waals surface area contributed by atoms with Crippen molar-refractivity contribution in [2.24, 2.45) is 0 Å². The Kier molecular flexibility index (Phi) is 6.19. The highest BCUT2D eigenvalue weighted by Gasteiger charge is 2.37. The minimum atomic E-state index is -0.495. The number of amides is 1. The molecule has 3 rings (SSSR count). The molecular weight excluding hydrogens is 359 g/mol. The Bertz CT molecular complexity index is 815. The van der Waals surface area contributed by atoms with Crippen LogP contribution in [0.3, 0.4) is 0 Å². The monoisotopic (exact) mass is 386 g/mol. The summed E-state index contributed by atoms with van der Waals surface area (Å²) in [7, 11) is 0. The molecule has 28 heavy (non-hydrogen) atoms. The minimum absolute atomic E-state index is 0.0974. The van der Waals surface area contributed by atoms with Crippen LogP contribution in [0.1, 0.15) is 37.8 Å². The summed E-state index contributed by atoms with van der Waals surface area (Å²) >= 11 is 0. The normalized spacial score (nSPS) is 16.5. The van der Waals surface area contributed by atoms with Crippen molar-refractivity contribution in [3.8, 4) is 11.5 Å². The van der Waals surface area contributed by atoms with Gasteiger partial charge in [-0.25, -0.2) is 4.39 Å². The third kappa shape index (κ3) is 4.62. The van der Waals surface area contributed by atoms with Gasteiger partial charge in [-0.3, -0.25) is 9.69 Å². The lowest BCUT2D eigenvalue weighted by molar-refractivity contribution is -0.121. The van der Waals surface area contributed by atoms with Crippen LogP contribution in [0.25, 0.3) is 0 Å². The minimum Gasteiger partial charge on any atom is -0.508 e. The zero-order valence-corrected chi connectivity index (χ0v) is 16.4. The van der Waals surface area contributed by atoms with E-state index in [0.29, 0.717) is 26.0 Å². The molecule has 1 aliphatic heterocycles. The molecule has 2 N–H and O–H groups in total. The highest BCUT2D eigenvalue weighted by molar-refractivity contribution is 5.74. The van der Waals surface area contributed by atoms with Gasteiger partial charge in [0.05, 0.1) is 12.1 Å². The van der Waals surface area contributed by atoms with Crippen LogP contribution < -0.4 is 10.1 Å². The van der Waals surface area contributed by atoms with Crippen LogP contribution in [0.15, 0.2) is 42.5 Å². The highest BCUT2D eigenvalue weighted by atomic mass is 19.1. The Morgan fingerprint density at radius 2 is 1.89 bits per heavy atom. The molecule has 2 aromatic rings. The average molecular weight is 386 g/mol. The first kappa shape index (κ1) is 20.1. The molecule has 0 atom stereocenters. The first-order valence-corrected chi connectivity index (χ1v) is 9.64. The fraction of sp³-hybridized carbons (Fsp3) is 0.409. The summed E-state index contributed by atoms with van der Waals surface area (Å²) in [6.45, 7) is 6.10. The van der Waals surface area contributed by atoms with Gasteiger partial charge in [0.1, 0.15) is 17.3 Å². The largest absolute Gasteiger partial charge is 0.508 e. The van der Waals surface area contributed by atoms with Crippen molar-refractivity contribution >= 4 is 5.91 Å². The third-order valence-electron chi connectivity index (χ3n) is 5.28. The predicted molar refractivity (Wildman–Crippen MR) is 106 cm³/mol. The maximum Gasteiger partial charge on any atom is 0.217 e. The zero-order valence-electron chi connectivity index (χ0n) is 16.4. The van der Waals surface area contributed by atoms with E-state index in [1.165, 1.54) is 19.1 Å². The summed E-state index contributed by atoms with van der Waals surface area (Å²) in [6, 6.07) is 11.6. The number of hydrogen-bond acceptors (Lipinski definition) is 4. The lowest BCUT2D eigenvalue weighted by atomic mass is 9.80. The van der Waals surface area contributed by atoms with E-state index in [0.717, 1.165) is 30.0 Å². The average Bonchev–Trinajstić information content (AvgIpc) is 2.66. The maximum absolute atomic E-state index is 13.3. The van der Waals surface area contributed by atoms with Crippen molar-refractivity contribution in [2.75, 3.05) is 19.7 Å². The second-order valence-electron chi connectivity index (χ2n) is 7.27. The van der Waals surface area contributed by atoms with E-state index in [1.54, 1.807) is 24.3 Å². The molecule has 1 fully saturated rings. The smallest absolute Gasteiger partial charge is 0.217 e. The van der Waals surface area contributed by atoms with E-state index in [2.05, 4.69) is 10.2 Å². The summed E-state index contributed by atoms with van der Waals surface area (Å²) in [5.74, 6) is 0.607. The topological polar surface area (TPSA) is 61.8 Å². The number of carbonyl (C=O) groups excluding carboxylic acids is 1. The number of benzene rings is 2. The van der Waals surface area contributed by atoms with E-state index < -0.39 is 5.54 Å². The molecule has 0 unspecified atom stereocenters. The molecule has 0 radical (unpaired) electrons. The van der Waals surface area contributed by atoms with Gasteiger partial charge in [0, 0.05) is 32.1 Å². The first-order chi connectivity index (χ1) is 13.4. The standard InChI is InChI=1S/C22H27FN2O3/c1-3-28-20-8-9-21(27)17(14-20)15-25-12-10-22(11-13-25,24-16(2)26)18-4-6-19(23)7-5-18/h4-9,14,27H,3,10-13,15H2,1-2H3,(H,24,26). The number of halogens is 1. The number of carbonyl (C=O) groups is 1. The number of rotatable bonds is 6. The molecular formula is C22H27FN2O3. The lowest BCUT2D eigenvalue weighted by Gasteiger charge is -2.42. The fourth-order valence-electron chi connectivity index (χ4n) is 3.87. The van der Waals surface area contributed by atoms with E-state index in [9.17, 15) is 14.3 Å². The van der Waals surface area contributed by atoms with Crippen LogP contribution in [0.2, 0.25) is 0 Å². The van der Waals surface area contributed by atoms with Gasteiger partial charge < -0.3 is 15.2 Å². The lowest BCUT2D eigenvalue weighted by Crippen LogP contribution is -2.52. The van der Waals surface area contributed by atoms with Gasteiger partial charge in [0.25, 0.3) is 0 Å². The number of phenols is 1. The Morgan fingerprint density at radius 3 is 2.50 bits per heavy atom. The van der Waals surface area contributed by atoms with E-state index >= 15 is 0 Å². The number of piperidine rings is 1. The molecule has 0 saturated carbocycles. The van der Waals surface area contributed by atoms with Gasteiger partial charge >= 0.3 is 0 Å². The quantitative estimate of drug-likeness (QED) is 0.797. The second-order valence-corrected chi connectivity index (χ2v) is 7.27. The number of phenolic OH excluding ortho intramolecular Hbond substituents is 1. The molecule has 0 spiro atoms. The number of nitrogens with one attached hydrogen (secondary N) is 1. The molecule has 2 aromatic carbocycles. The van der Waals surface area contributed by atoms with Crippen molar-refractivity contribution < 1.29 is 19.0 Å². The number of nitrogens with zero attached hydrogens (tertiary/aromatic N) is 1. The van der Waals surface area contributed by atoms with Gasteiger partial charge in [-0.2, -0.15) is 0 Å². The maximum atomic E-state index is 13.3. The van der Waals surface area contributed by atoms with Crippen molar-refractivity contribution in [1.82, 2.24) is 10.2 Å². The third-order valence-corrected chi connectivity index (χ3v) is 5.28. The molecule has 1 aliphatic rings. The zero-order chi connectivity index (χ0) is 20.1. The molecule has 5 nitrogen and oxygen atoms in total. The number of ether oxygens (including phenoxy) is 1. The van der Waals surface area contributed by atoms with Gasteiger partial charge in [-0.05, 0) is 55.7 Å². The molecule has 1 amide bonds. The van der Waals surface area contributed by atoms with Gasteiger partial charge in [-0.1, -0.05) is 12.1 Å².